The van der Waals surface area contributed by atoms with E-state index in [4.69, 9.17) is 0 Å². The van der Waals surface area contributed by atoms with Gasteiger partial charge in [-0.1, -0.05) is 18.2 Å². The molecule has 2 amide bonds. The zero-order valence-electron chi connectivity index (χ0n) is 16.0. The van der Waals surface area contributed by atoms with Crippen LogP contribution in [0, 0.1) is 5.92 Å². The van der Waals surface area contributed by atoms with E-state index in [1.807, 2.05) is 18.2 Å². The van der Waals surface area contributed by atoms with Crippen LogP contribution in [0.5, 0.6) is 0 Å². The quantitative estimate of drug-likeness (QED) is 0.784. The van der Waals surface area contributed by atoms with Gasteiger partial charge in [0, 0.05) is 18.7 Å². The van der Waals surface area contributed by atoms with E-state index in [-0.39, 0.29) is 24.6 Å². The predicted octanol–water partition coefficient (Wildman–Crippen LogP) is 3.16. The molecule has 0 bridgehead atoms. The van der Waals surface area contributed by atoms with Crippen LogP contribution >= 0.6 is 0 Å². The molecule has 30 heavy (non-hydrogen) atoms. The molecule has 1 heterocycles. The standard InChI is InChI=1S/C21H20F2N2O4S/c22-21(23)30(28,29)18-7-2-1-6-17(18)24-20(27)15-11-19(26)25(12-15)16-9-8-13-4-3-5-14(13)10-16/h1-2,6-10,15,21H,3-5,11-12H2,(H,24,27). The Morgan fingerprint density at radius 3 is 2.60 bits per heavy atom. The van der Waals surface area contributed by atoms with Crippen LogP contribution in [0.15, 0.2) is 47.4 Å². The molecule has 1 atom stereocenters. The van der Waals surface area contributed by atoms with Gasteiger partial charge in [0.25, 0.3) is 0 Å². The van der Waals surface area contributed by atoms with Crippen molar-refractivity contribution in [3.63, 3.8) is 0 Å². The highest BCUT2D eigenvalue weighted by Crippen LogP contribution is 2.32. The summed E-state index contributed by atoms with van der Waals surface area (Å²) in [6, 6.07) is 10.9. The van der Waals surface area contributed by atoms with Crippen LogP contribution < -0.4 is 10.2 Å². The third kappa shape index (κ3) is 3.69. The lowest BCUT2D eigenvalue weighted by atomic mass is 10.1. The monoisotopic (exact) mass is 434 g/mol. The number of anilines is 2. The molecule has 0 aromatic heterocycles. The zero-order valence-corrected chi connectivity index (χ0v) is 16.8. The van der Waals surface area contributed by atoms with Gasteiger partial charge in [0.1, 0.15) is 0 Å². The number of sulfone groups is 1. The molecule has 158 valence electrons. The van der Waals surface area contributed by atoms with Gasteiger partial charge in [0.2, 0.25) is 21.7 Å². The minimum atomic E-state index is -4.87. The number of aryl methyl sites for hydroxylation is 2. The Kier molecular flexibility index (Phi) is 5.31. The van der Waals surface area contributed by atoms with Crippen LogP contribution in [0.25, 0.3) is 0 Å². The van der Waals surface area contributed by atoms with Gasteiger partial charge in [-0.3, -0.25) is 9.59 Å². The van der Waals surface area contributed by atoms with Gasteiger partial charge in [-0.15, -0.1) is 0 Å². The number of rotatable bonds is 5. The number of para-hydroxylation sites is 1. The van der Waals surface area contributed by atoms with Crippen molar-refractivity contribution in [2.24, 2.45) is 5.92 Å². The molecule has 4 rings (SSSR count). The van der Waals surface area contributed by atoms with Gasteiger partial charge in [-0.25, -0.2) is 8.42 Å². The SMILES string of the molecule is O=C(Nc1ccccc1S(=O)(=O)C(F)F)C1CC(=O)N(c2ccc3c(c2)CCC3)C1. The molecule has 9 heteroatoms. The number of nitrogens with one attached hydrogen (secondary N) is 1. The maximum atomic E-state index is 12.9. The number of hydrogen-bond acceptors (Lipinski definition) is 4. The number of fused-ring (bicyclic) bond motifs is 1. The first kappa shape index (κ1) is 20.5. The third-order valence-electron chi connectivity index (χ3n) is 5.58. The lowest BCUT2D eigenvalue weighted by Gasteiger charge is -2.18. The van der Waals surface area contributed by atoms with E-state index in [1.165, 1.54) is 29.3 Å². The number of halogens is 2. The molecule has 1 unspecified atom stereocenters. The van der Waals surface area contributed by atoms with Crippen molar-refractivity contribution in [3.8, 4) is 0 Å². The maximum Gasteiger partial charge on any atom is 0.341 e. The minimum Gasteiger partial charge on any atom is -0.325 e. The summed E-state index contributed by atoms with van der Waals surface area (Å²) in [5.74, 6) is -5.10. The zero-order chi connectivity index (χ0) is 21.5. The van der Waals surface area contributed by atoms with Crippen molar-refractivity contribution in [1.29, 1.82) is 0 Å². The lowest BCUT2D eigenvalue weighted by molar-refractivity contribution is -0.122. The average molecular weight is 434 g/mol. The first-order valence-electron chi connectivity index (χ1n) is 9.61. The second-order valence-corrected chi connectivity index (χ2v) is 9.39. The predicted molar refractivity (Wildman–Crippen MR) is 107 cm³/mol. The summed E-state index contributed by atoms with van der Waals surface area (Å²) in [5, 5.41) is 2.42. The number of benzene rings is 2. The number of alkyl halides is 2. The molecule has 1 saturated heterocycles. The topological polar surface area (TPSA) is 83.5 Å². The first-order chi connectivity index (χ1) is 14.3. The summed E-state index contributed by atoms with van der Waals surface area (Å²) >= 11 is 0. The number of amides is 2. The highest BCUT2D eigenvalue weighted by Gasteiger charge is 2.36. The van der Waals surface area contributed by atoms with E-state index in [1.54, 1.807) is 4.90 Å². The van der Waals surface area contributed by atoms with Crippen LogP contribution in [0.3, 0.4) is 0 Å². The molecular formula is C21H20F2N2O4S. The Bertz CT molecular complexity index is 1120. The Morgan fingerprint density at radius 1 is 1.10 bits per heavy atom. The molecular weight excluding hydrogens is 414 g/mol. The Morgan fingerprint density at radius 2 is 1.83 bits per heavy atom. The first-order valence-corrected chi connectivity index (χ1v) is 11.2. The van der Waals surface area contributed by atoms with Crippen molar-refractivity contribution in [1.82, 2.24) is 0 Å². The Hall–Kier alpha value is -2.81. The molecule has 2 aliphatic rings. The molecule has 0 spiro atoms. The van der Waals surface area contributed by atoms with Gasteiger partial charge in [-0.05, 0) is 54.7 Å². The van der Waals surface area contributed by atoms with Crippen molar-refractivity contribution < 1.29 is 26.8 Å². The molecule has 1 N–H and O–H groups in total. The second kappa shape index (κ2) is 7.79. The van der Waals surface area contributed by atoms with Crippen molar-refractivity contribution in [2.45, 2.75) is 36.3 Å². The number of hydrogen-bond donors (Lipinski definition) is 1. The lowest BCUT2D eigenvalue weighted by Crippen LogP contribution is -2.28. The van der Waals surface area contributed by atoms with Crippen molar-refractivity contribution >= 4 is 33.0 Å². The highest BCUT2D eigenvalue weighted by atomic mass is 32.2. The molecule has 6 nitrogen and oxygen atoms in total. The summed E-state index contributed by atoms with van der Waals surface area (Å²) in [6.45, 7) is 0.146. The van der Waals surface area contributed by atoms with E-state index >= 15 is 0 Å². The van der Waals surface area contributed by atoms with Crippen LogP contribution in [-0.4, -0.2) is 32.5 Å². The molecule has 1 aliphatic carbocycles. The van der Waals surface area contributed by atoms with E-state index < -0.39 is 32.3 Å². The van der Waals surface area contributed by atoms with Crippen LogP contribution in [0.1, 0.15) is 24.0 Å². The van der Waals surface area contributed by atoms with Gasteiger partial charge < -0.3 is 10.2 Å². The number of carbonyl (C=O) groups is 2. The fraction of sp³-hybridized carbons (Fsp3) is 0.333. The summed E-state index contributed by atoms with van der Waals surface area (Å²) in [4.78, 5) is 26.1. The summed E-state index contributed by atoms with van der Waals surface area (Å²) in [5.41, 5.74) is 3.00. The van der Waals surface area contributed by atoms with E-state index in [2.05, 4.69) is 5.32 Å². The number of nitrogens with zero attached hydrogens (tertiary/aromatic N) is 1. The van der Waals surface area contributed by atoms with E-state index in [0.29, 0.717) is 0 Å². The van der Waals surface area contributed by atoms with Gasteiger partial charge in [0.15, 0.2) is 0 Å². The summed E-state index contributed by atoms with van der Waals surface area (Å²) in [6.07, 6.45) is 3.03. The average Bonchev–Trinajstić information content (AvgIpc) is 3.34. The fourth-order valence-corrected chi connectivity index (χ4v) is 4.89. The molecule has 1 aliphatic heterocycles. The minimum absolute atomic E-state index is 0.0350. The van der Waals surface area contributed by atoms with Gasteiger partial charge >= 0.3 is 5.76 Å². The van der Waals surface area contributed by atoms with E-state index in [9.17, 15) is 26.8 Å². The maximum absolute atomic E-state index is 12.9. The largest absolute Gasteiger partial charge is 0.341 e. The van der Waals surface area contributed by atoms with Gasteiger partial charge in [-0.2, -0.15) is 8.78 Å². The molecule has 0 radical (unpaired) electrons. The van der Waals surface area contributed by atoms with Gasteiger partial charge in [0.05, 0.1) is 16.5 Å². The van der Waals surface area contributed by atoms with Crippen molar-refractivity contribution in [2.75, 3.05) is 16.8 Å². The van der Waals surface area contributed by atoms with E-state index in [0.717, 1.165) is 31.0 Å². The van der Waals surface area contributed by atoms with Crippen LogP contribution in [0.4, 0.5) is 20.2 Å². The summed E-state index contributed by atoms with van der Waals surface area (Å²) < 4.78 is 49.6. The molecule has 1 fully saturated rings. The highest BCUT2D eigenvalue weighted by molar-refractivity contribution is 7.91. The van der Waals surface area contributed by atoms with Crippen LogP contribution in [-0.2, 0) is 32.3 Å². The Balaban J connectivity index is 1.52. The normalized spacial score (nSPS) is 18.7. The Labute approximate surface area is 172 Å². The van der Waals surface area contributed by atoms with Crippen LogP contribution in [0.2, 0.25) is 0 Å². The summed E-state index contributed by atoms with van der Waals surface area (Å²) in [7, 11) is -4.87. The van der Waals surface area contributed by atoms with Crippen molar-refractivity contribution in [3.05, 3.63) is 53.6 Å². The molecule has 0 saturated carbocycles. The molecule has 2 aromatic carbocycles. The smallest absolute Gasteiger partial charge is 0.325 e. The third-order valence-corrected chi connectivity index (χ3v) is 7.01. The fourth-order valence-electron chi connectivity index (χ4n) is 4.01. The molecule has 2 aromatic rings. The second-order valence-electron chi connectivity index (χ2n) is 7.50. The number of carbonyl (C=O) groups excluding carboxylic acids is 2.